The fraction of sp³-hybridized carbons (Fsp3) is 0.385. The van der Waals surface area contributed by atoms with Crippen LogP contribution in [0.3, 0.4) is 0 Å². The first-order valence-electron chi connectivity index (χ1n) is 5.58. The van der Waals surface area contributed by atoms with Crippen LogP contribution in [0.25, 0.3) is 0 Å². The molecule has 76 valence electrons. The van der Waals surface area contributed by atoms with E-state index in [4.69, 9.17) is 0 Å². The van der Waals surface area contributed by atoms with Crippen molar-refractivity contribution in [3.8, 4) is 0 Å². The molecule has 1 aliphatic carbocycles. The molecule has 1 nitrogen and oxygen atoms in total. The Morgan fingerprint density at radius 1 is 1.13 bits per heavy atom. The summed E-state index contributed by atoms with van der Waals surface area (Å²) in [6, 6.07) is 10.3. The molecule has 0 bridgehead atoms. The predicted molar refractivity (Wildman–Crippen MR) is 62.3 cm³/mol. The van der Waals surface area contributed by atoms with Gasteiger partial charge >= 0.3 is 7.80 Å². The maximum absolute atomic E-state index is 12.3. The number of rotatable bonds is 1. The van der Waals surface area contributed by atoms with E-state index in [-0.39, 0.29) is 5.66 Å². The van der Waals surface area contributed by atoms with Crippen molar-refractivity contribution in [1.29, 1.82) is 0 Å². The van der Waals surface area contributed by atoms with Crippen LogP contribution in [0.4, 0.5) is 0 Å². The van der Waals surface area contributed by atoms with Gasteiger partial charge in [0.05, 0.1) is 0 Å². The second-order valence-electron chi connectivity index (χ2n) is 4.36. The van der Waals surface area contributed by atoms with Gasteiger partial charge in [0.25, 0.3) is 0 Å². The fourth-order valence-electron chi connectivity index (χ4n) is 2.71. The number of hydrogen-bond donors (Lipinski definition) is 0. The van der Waals surface area contributed by atoms with Crippen LogP contribution in [0.15, 0.2) is 41.2 Å². The molecule has 0 radical (unpaired) electrons. The first kappa shape index (κ1) is 9.30. The van der Waals surface area contributed by atoms with Gasteiger partial charge in [-0.2, -0.15) is 0 Å². The standard InChI is InChI=1S/C13H14OP/c14-15-12-8-4-7-11(12)9-13(15)10-5-2-1-3-6-10/h1-3,5-6,13H,4,7-9H2/q+1. The normalized spacial score (nSPS) is 27.2. The zero-order chi connectivity index (χ0) is 10.3. The van der Waals surface area contributed by atoms with Crippen molar-refractivity contribution in [2.75, 3.05) is 0 Å². The van der Waals surface area contributed by atoms with Crippen molar-refractivity contribution < 1.29 is 4.57 Å². The Morgan fingerprint density at radius 2 is 1.93 bits per heavy atom. The van der Waals surface area contributed by atoms with Gasteiger partial charge in [-0.1, -0.05) is 34.9 Å². The third-order valence-electron chi connectivity index (χ3n) is 3.47. The summed E-state index contributed by atoms with van der Waals surface area (Å²) in [6.45, 7) is 0. The molecule has 0 amide bonds. The van der Waals surface area contributed by atoms with Gasteiger partial charge in [0.1, 0.15) is 0 Å². The molecule has 0 saturated carbocycles. The predicted octanol–water partition coefficient (Wildman–Crippen LogP) is 4.40. The molecule has 15 heavy (non-hydrogen) atoms. The van der Waals surface area contributed by atoms with E-state index in [0.29, 0.717) is 0 Å². The zero-order valence-corrected chi connectivity index (χ0v) is 9.54. The number of allylic oxidation sites excluding steroid dienone is 2. The molecular formula is C13H14OP+. The van der Waals surface area contributed by atoms with Crippen LogP contribution in [0, 0.1) is 0 Å². The molecule has 1 aromatic carbocycles. The molecule has 2 unspecified atom stereocenters. The number of benzene rings is 1. The largest absolute Gasteiger partial charge is 0.380 e. The second kappa shape index (κ2) is 3.57. The van der Waals surface area contributed by atoms with Crippen molar-refractivity contribution >= 4 is 7.80 Å². The fourth-order valence-corrected chi connectivity index (χ4v) is 4.81. The van der Waals surface area contributed by atoms with Gasteiger partial charge in [-0.15, -0.1) is 0 Å². The molecule has 2 heteroatoms. The van der Waals surface area contributed by atoms with Crippen LogP contribution in [0.2, 0.25) is 0 Å². The summed E-state index contributed by atoms with van der Waals surface area (Å²) in [6.07, 6.45) is 4.56. The highest BCUT2D eigenvalue weighted by Crippen LogP contribution is 2.62. The minimum absolute atomic E-state index is 0.284. The highest BCUT2D eigenvalue weighted by Gasteiger charge is 2.46. The minimum Gasteiger partial charge on any atom is -0.0677 e. The Morgan fingerprint density at radius 3 is 2.67 bits per heavy atom. The van der Waals surface area contributed by atoms with E-state index in [1.807, 2.05) is 18.2 Å². The topological polar surface area (TPSA) is 17.1 Å². The monoisotopic (exact) mass is 217 g/mol. The molecule has 0 fully saturated rings. The van der Waals surface area contributed by atoms with E-state index >= 15 is 0 Å². The Hall–Kier alpha value is -0.940. The summed E-state index contributed by atoms with van der Waals surface area (Å²) in [7, 11) is -1.12. The first-order chi connectivity index (χ1) is 7.36. The van der Waals surface area contributed by atoms with Crippen LogP contribution in [-0.2, 0) is 4.57 Å². The van der Waals surface area contributed by atoms with E-state index in [1.54, 1.807) is 0 Å². The molecule has 0 spiro atoms. The Balaban J connectivity index is 1.91. The van der Waals surface area contributed by atoms with E-state index < -0.39 is 7.80 Å². The quantitative estimate of drug-likeness (QED) is 0.637. The molecule has 0 saturated heterocycles. The first-order valence-corrected chi connectivity index (χ1v) is 6.91. The van der Waals surface area contributed by atoms with Crippen molar-refractivity contribution in [2.45, 2.75) is 31.3 Å². The van der Waals surface area contributed by atoms with E-state index in [9.17, 15) is 4.57 Å². The maximum Gasteiger partial charge on any atom is 0.380 e. The maximum atomic E-state index is 12.3. The Kier molecular flexibility index (Phi) is 2.21. The summed E-state index contributed by atoms with van der Waals surface area (Å²) in [5, 5.41) is 1.30. The lowest BCUT2D eigenvalue weighted by Gasteiger charge is -2.02. The minimum atomic E-state index is -1.12. The summed E-state index contributed by atoms with van der Waals surface area (Å²) in [4.78, 5) is 0. The van der Waals surface area contributed by atoms with Crippen LogP contribution in [-0.4, -0.2) is 0 Å². The molecule has 0 aromatic heterocycles. The van der Waals surface area contributed by atoms with Gasteiger partial charge in [0.2, 0.25) is 0 Å². The van der Waals surface area contributed by atoms with Crippen molar-refractivity contribution in [3.05, 3.63) is 46.8 Å². The summed E-state index contributed by atoms with van der Waals surface area (Å²) in [5.41, 5.74) is 3.05. The van der Waals surface area contributed by atoms with Crippen LogP contribution in [0.1, 0.15) is 36.9 Å². The number of hydrogen-bond acceptors (Lipinski definition) is 1. The molecular weight excluding hydrogens is 203 g/mol. The smallest absolute Gasteiger partial charge is 0.0677 e. The van der Waals surface area contributed by atoms with Crippen molar-refractivity contribution in [2.24, 2.45) is 0 Å². The summed E-state index contributed by atoms with van der Waals surface area (Å²) >= 11 is 0. The van der Waals surface area contributed by atoms with Gasteiger partial charge in [-0.25, -0.2) is 0 Å². The summed E-state index contributed by atoms with van der Waals surface area (Å²) in [5.74, 6) is 0. The van der Waals surface area contributed by atoms with E-state index in [1.165, 1.54) is 29.3 Å². The van der Waals surface area contributed by atoms with Crippen LogP contribution >= 0.6 is 7.80 Å². The van der Waals surface area contributed by atoms with Crippen molar-refractivity contribution in [1.82, 2.24) is 0 Å². The lowest BCUT2D eigenvalue weighted by Crippen LogP contribution is -1.90. The molecule has 3 rings (SSSR count). The summed E-state index contributed by atoms with van der Waals surface area (Å²) < 4.78 is 12.3. The Bertz CT molecular complexity index is 433. The molecule has 2 aliphatic rings. The van der Waals surface area contributed by atoms with Gasteiger partial charge in [0, 0.05) is 18.4 Å². The van der Waals surface area contributed by atoms with Crippen LogP contribution < -0.4 is 0 Å². The lowest BCUT2D eigenvalue weighted by molar-refractivity contribution is 0.583. The zero-order valence-electron chi connectivity index (χ0n) is 8.65. The molecule has 0 N–H and O–H groups in total. The average Bonchev–Trinajstić information content (AvgIpc) is 2.83. The van der Waals surface area contributed by atoms with Crippen molar-refractivity contribution in [3.63, 3.8) is 0 Å². The van der Waals surface area contributed by atoms with Crippen LogP contribution in [0.5, 0.6) is 0 Å². The SMILES string of the molecule is O=[P+]1C2=C(CCC2)CC1c1ccccc1. The molecule has 1 heterocycles. The third kappa shape index (κ3) is 1.46. The average molecular weight is 217 g/mol. The second-order valence-corrected chi connectivity index (χ2v) is 6.17. The van der Waals surface area contributed by atoms with Gasteiger partial charge in [0.15, 0.2) is 11.0 Å². The van der Waals surface area contributed by atoms with E-state index in [0.717, 1.165) is 12.8 Å². The molecule has 1 aromatic rings. The molecule has 1 aliphatic heterocycles. The lowest BCUT2D eigenvalue weighted by atomic mass is 10.0. The van der Waals surface area contributed by atoms with Gasteiger partial charge < -0.3 is 0 Å². The highest BCUT2D eigenvalue weighted by atomic mass is 31.1. The Labute approximate surface area is 91.0 Å². The van der Waals surface area contributed by atoms with Gasteiger partial charge in [-0.05, 0) is 18.4 Å². The highest BCUT2D eigenvalue weighted by molar-refractivity contribution is 7.50. The van der Waals surface area contributed by atoms with E-state index in [2.05, 4.69) is 12.1 Å². The molecule has 2 atom stereocenters. The van der Waals surface area contributed by atoms with Gasteiger partial charge in [-0.3, -0.25) is 0 Å². The third-order valence-corrected chi connectivity index (χ3v) is 5.59.